The first-order valence-electron chi connectivity index (χ1n) is 8.76. The minimum atomic E-state index is 0. The highest BCUT2D eigenvalue weighted by atomic mass is 127. The molecule has 2 unspecified atom stereocenters. The highest BCUT2D eigenvalue weighted by molar-refractivity contribution is 14.0. The van der Waals surface area contributed by atoms with Gasteiger partial charge in [0.15, 0.2) is 5.96 Å². The summed E-state index contributed by atoms with van der Waals surface area (Å²) >= 11 is 0. The lowest BCUT2D eigenvalue weighted by Crippen LogP contribution is -2.47. The molecule has 3 rings (SSSR count). The third-order valence-corrected chi connectivity index (χ3v) is 4.95. The van der Waals surface area contributed by atoms with Gasteiger partial charge in [0.25, 0.3) is 0 Å². The molecule has 0 bridgehead atoms. The molecule has 23 heavy (non-hydrogen) atoms. The molecule has 1 N–H and O–H groups in total. The van der Waals surface area contributed by atoms with Gasteiger partial charge in [0.05, 0.1) is 25.9 Å². The maximum atomic E-state index is 5.68. The highest BCUT2D eigenvalue weighted by Gasteiger charge is 2.30. The van der Waals surface area contributed by atoms with Crippen LogP contribution in [0.1, 0.15) is 25.7 Å². The smallest absolute Gasteiger partial charge is 0.193 e. The highest BCUT2D eigenvalue weighted by Crippen LogP contribution is 2.20. The summed E-state index contributed by atoms with van der Waals surface area (Å²) in [6, 6.07) is 0.702. The SMILES string of the molecule is CN=C(NCC1COCCO1)N1CCC(N2CCCCC2)C1.I. The number of ether oxygens (including phenoxy) is 2. The van der Waals surface area contributed by atoms with E-state index >= 15 is 0 Å². The zero-order chi connectivity index (χ0) is 15.2. The van der Waals surface area contributed by atoms with Crippen LogP contribution in [0.2, 0.25) is 0 Å². The lowest BCUT2D eigenvalue weighted by Gasteiger charge is -2.32. The molecule has 3 saturated heterocycles. The molecule has 3 aliphatic heterocycles. The van der Waals surface area contributed by atoms with Crippen LogP contribution in [-0.4, -0.2) is 87.5 Å². The molecular weight excluding hydrogens is 407 g/mol. The Morgan fingerprint density at radius 3 is 2.70 bits per heavy atom. The zero-order valence-corrected chi connectivity index (χ0v) is 16.5. The van der Waals surface area contributed by atoms with Gasteiger partial charge in [0.1, 0.15) is 0 Å². The zero-order valence-electron chi connectivity index (χ0n) is 14.2. The van der Waals surface area contributed by atoms with E-state index in [-0.39, 0.29) is 30.1 Å². The van der Waals surface area contributed by atoms with Gasteiger partial charge in [-0.05, 0) is 32.4 Å². The molecule has 3 heterocycles. The largest absolute Gasteiger partial charge is 0.376 e. The van der Waals surface area contributed by atoms with Crippen molar-refractivity contribution in [3.8, 4) is 0 Å². The molecule has 134 valence electrons. The Morgan fingerprint density at radius 2 is 2.00 bits per heavy atom. The number of piperidine rings is 1. The quantitative estimate of drug-likeness (QED) is 0.407. The van der Waals surface area contributed by atoms with E-state index in [4.69, 9.17) is 9.47 Å². The van der Waals surface area contributed by atoms with Crippen LogP contribution in [0, 0.1) is 0 Å². The Kier molecular flexibility index (Phi) is 8.35. The van der Waals surface area contributed by atoms with E-state index in [1.165, 1.54) is 38.8 Å². The van der Waals surface area contributed by atoms with Crippen molar-refractivity contribution < 1.29 is 9.47 Å². The van der Waals surface area contributed by atoms with E-state index in [0.29, 0.717) is 19.3 Å². The molecule has 7 heteroatoms. The van der Waals surface area contributed by atoms with Crippen LogP contribution in [0.3, 0.4) is 0 Å². The van der Waals surface area contributed by atoms with Crippen molar-refractivity contribution >= 4 is 29.9 Å². The Labute approximate surface area is 157 Å². The van der Waals surface area contributed by atoms with Crippen LogP contribution in [0.15, 0.2) is 4.99 Å². The van der Waals surface area contributed by atoms with E-state index < -0.39 is 0 Å². The first kappa shape index (κ1) is 19.2. The van der Waals surface area contributed by atoms with Crippen LogP contribution in [0.5, 0.6) is 0 Å². The predicted octanol–water partition coefficient (Wildman–Crippen LogP) is 1.16. The molecule has 0 saturated carbocycles. The molecule has 0 aromatic heterocycles. The van der Waals surface area contributed by atoms with Crippen molar-refractivity contribution in [2.75, 3.05) is 59.6 Å². The van der Waals surface area contributed by atoms with Gasteiger partial charge in [-0.25, -0.2) is 0 Å². The first-order chi connectivity index (χ1) is 10.9. The molecule has 0 radical (unpaired) electrons. The summed E-state index contributed by atoms with van der Waals surface area (Å²) in [5.74, 6) is 1.01. The Balaban J connectivity index is 0.00000192. The van der Waals surface area contributed by atoms with E-state index in [9.17, 15) is 0 Å². The number of hydrogen-bond donors (Lipinski definition) is 1. The van der Waals surface area contributed by atoms with Gasteiger partial charge in [0.2, 0.25) is 0 Å². The summed E-state index contributed by atoms with van der Waals surface area (Å²) < 4.78 is 11.1. The van der Waals surface area contributed by atoms with Crippen LogP contribution in [-0.2, 0) is 9.47 Å². The number of nitrogens with one attached hydrogen (secondary N) is 1. The standard InChI is InChI=1S/C16H30N4O2.HI/c1-17-16(18-11-15-13-21-9-10-22-15)20-8-5-14(12-20)19-6-3-2-4-7-19;/h14-15H,2-13H2,1H3,(H,17,18);1H. The van der Waals surface area contributed by atoms with E-state index in [1.54, 1.807) is 0 Å². The Bertz CT molecular complexity index is 371. The Hall–Kier alpha value is -0.120. The number of likely N-dealkylation sites (tertiary alicyclic amines) is 2. The monoisotopic (exact) mass is 438 g/mol. The van der Waals surface area contributed by atoms with Gasteiger partial charge in [-0.3, -0.25) is 9.89 Å². The van der Waals surface area contributed by atoms with Gasteiger partial charge in [-0.2, -0.15) is 0 Å². The second-order valence-electron chi connectivity index (χ2n) is 6.48. The normalized spacial score (nSPS) is 30.1. The summed E-state index contributed by atoms with van der Waals surface area (Å²) in [5.41, 5.74) is 0. The first-order valence-corrected chi connectivity index (χ1v) is 8.76. The second kappa shape index (κ2) is 10.0. The lowest BCUT2D eigenvalue weighted by atomic mass is 10.1. The average Bonchev–Trinajstić information content (AvgIpc) is 3.07. The fourth-order valence-corrected chi connectivity index (χ4v) is 3.71. The molecular formula is C16H31IN4O2. The van der Waals surface area contributed by atoms with Crippen molar-refractivity contribution in [3.05, 3.63) is 0 Å². The number of hydrogen-bond acceptors (Lipinski definition) is 4. The molecule has 6 nitrogen and oxygen atoms in total. The summed E-state index contributed by atoms with van der Waals surface area (Å²) in [7, 11) is 1.87. The third-order valence-electron chi connectivity index (χ3n) is 4.95. The number of guanidine groups is 1. The predicted molar refractivity (Wildman–Crippen MR) is 103 cm³/mol. The number of halogens is 1. The second-order valence-corrected chi connectivity index (χ2v) is 6.48. The van der Waals surface area contributed by atoms with E-state index in [0.717, 1.165) is 32.2 Å². The number of aliphatic imine (C=N–C) groups is 1. The van der Waals surface area contributed by atoms with Gasteiger partial charge >= 0.3 is 0 Å². The minimum absolute atomic E-state index is 0. The van der Waals surface area contributed by atoms with E-state index in [2.05, 4.69) is 20.1 Å². The fourth-order valence-electron chi connectivity index (χ4n) is 3.71. The average molecular weight is 438 g/mol. The van der Waals surface area contributed by atoms with Gasteiger partial charge in [-0.1, -0.05) is 6.42 Å². The van der Waals surface area contributed by atoms with Crippen LogP contribution >= 0.6 is 24.0 Å². The molecule has 0 aromatic carbocycles. The molecule has 0 aromatic rings. The lowest BCUT2D eigenvalue weighted by molar-refractivity contribution is -0.0851. The van der Waals surface area contributed by atoms with Crippen molar-refractivity contribution in [3.63, 3.8) is 0 Å². The molecule has 2 atom stereocenters. The third kappa shape index (κ3) is 5.44. The molecule has 3 fully saturated rings. The maximum absolute atomic E-state index is 5.68. The van der Waals surface area contributed by atoms with Crippen molar-refractivity contribution in [1.29, 1.82) is 0 Å². The maximum Gasteiger partial charge on any atom is 0.193 e. The number of nitrogens with zero attached hydrogens (tertiary/aromatic N) is 3. The molecule has 0 spiro atoms. The van der Waals surface area contributed by atoms with Crippen LogP contribution in [0.4, 0.5) is 0 Å². The van der Waals surface area contributed by atoms with Gasteiger partial charge in [0, 0.05) is 32.7 Å². The van der Waals surface area contributed by atoms with Crippen molar-refractivity contribution in [2.24, 2.45) is 4.99 Å². The summed E-state index contributed by atoms with van der Waals surface area (Å²) in [5, 5.41) is 3.46. The summed E-state index contributed by atoms with van der Waals surface area (Å²) in [6.07, 6.45) is 5.53. The summed E-state index contributed by atoms with van der Waals surface area (Å²) in [6.45, 7) is 7.62. The van der Waals surface area contributed by atoms with Gasteiger partial charge < -0.3 is 19.7 Å². The topological polar surface area (TPSA) is 49.3 Å². The Morgan fingerprint density at radius 1 is 1.17 bits per heavy atom. The molecule has 0 aliphatic carbocycles. The van der Waals surface area contributed by atoms with Crippen LogP contribution < -0.4 is 5.32 Å². The molecule has 0 amide bonds. The molecule has 3 aliphatic rings. The number of rotatable bonds is 3. The van der Waals surface area contributed by atoms with Crippen molar-refractivity contribution in [2.45, 2.75) is 37.8 Å². The van der Waals surface area contributed by atoms with E-state index in [1.807, 2.05) is 7.05 Å². The fraction of sp³-hybridized carbons (Fsp3) is 0.938. The minimum Gasteiger partial charge on any atom is -0.376 e. The van der Waals surface area contributed by atoms with Gasteiger partial charge in [-0.15, -0.1) is 24.0 Å². The van der Waals surface area contributed by atoms with Crippen LogP contribution in [0.25, 0.3) is 0 Å². The van der Waals surface area contributed by atoms with Crippen molar-refractivity contribution in [1.82, 2.24) is 15.1 Å². The summed E-state index contributed by atoms with van der Waals surface area (Å²) in [4.78, 5) is 9.52.